The lowest BCUT2D eigenvalue weighted by Crippen LogP contribution is -2.42. The summed E-state index contributed by atoms with van der Waals surface area (Å²) in [7, 11) is 0. The van der Waals surface area contributed by atoms with Crippen LogP contribution in [0.5, 0.6) is 0 Å². The second kappa shape index (κ2) is 8.50. The summed E-state index contributed by atoms with van der Waals surface area (Å²) in [6.45, 7) is 2.91. The molecule has 2 amide bonds. The molecule has 6 heteroatoms. The van der Waals surface area contributed by atoms with Crippen LogP contribution in [0.25, 0.3) is 0 Å². The Hall–Kier alpha value is -2.44. The van der Waals surface area contributed by atoms with E-state index in [0.29, 0.717) is 17.9 Å². The van der Waals surface area contributed by atoms with Crippen LogP contribution in [0.2, 0.25) is 0 Å². The maximum absolute atomic E-state index is 12.3. The first kappa shape index (κ1) is 19.3. The van der Waals surface area contributed by atoms with E-state index in [9.17, 15) is 9.59 Å². The molecule has 0 radical (unpaired) electrons. The van der Waals surface area contributed by atoms with E-state index in [1.165, 1.54) is 5.56 Å². The van der Waals surface area contributed by atoms with Gasteiger partial charge in [-0.1, -0.05) is 48.6 Å². The number of hydroxylamine groups is 1. The summed E-state index contributed by atoms with van der Waals surface area (Å²) in [5.41, 5.74) is 8.20. The minimum atomic E-state index is -0.858. The highest BCUT2D eigenvalue weighted by atomic mass is 16.5. The molecule has 2 aliphatic rings. The number of hydrogen-bond acceptors (Lipinski definition) is 4. The molecule has 0 spiro atoms. The zero-order valence-electron chi connectivity index (χ0n) is 15.4. The first-order chi connectivity index (χ1) is 13.0. The quantitative estimate of drug-likeness (QED) is 0.529. The molecule has 1 aliphatic heterocycles. The van der Waals surface area contributed by atoms with Crippen LogP contribution in [0.4, 0.5) is 0 Å². The lowest BCUT2D eigenvalue weighted by molar-refractivity contribution is -0.128. The number of likely N-dealkylation sites (tertiary alicyclic amines) is 1. The van der Waals surface area contributed by atoms with E-state index in [4.69, 9.17) is 10.9 Å². The Kier molecular flexibility index (Phi) is 6.08. The molecule has 1 heterocycles. The fourth-order valence-electron chi connectivity index (χ4n) is 4.15. The number of amides is 2. The molecule has 0 saturated carbocycles. The summed E-state index contributed by atoms with van der Waals surface area (Å²) in [4.78, 5) is 26.4. The van der Waals surface area contributed by atoms with Crippen molar-refractivity contribution >= 4 is 11.8 Å². The van der Waals surface area contributed by atoms with Crippen LogP contribution in [0.1, 0.15) is 31.2 Å². The lowest BCUT2D eigenvalue weighted by Gasteiger charge is -2.38. The Morgan fingerprint density at radius 3 is 2.56 bits per heavy atom. The van der Waals surface area contributed by atoms with Crippen molar-refractivity contribution < 1.29 is 14.8 Å². The van der Waals surface area contributed by atoms with Crippen LogP contribution in [0.15, 0.2) is 54.1 Å². The molecule has 1 saturated heterocycles. The van der Waals surface area contributed by atoms with Crippen molar-refractivity contribution in [3.05, 3.63) is 59.7 Å². The molecule has 1 fully saturated rings. The average molecular weight is 369 g/mol. The molecule has 1 atom stereocenters. The van der Waals surface area contributed by atoms with Crippen molar-refractivity contribution in [2.24, 2.45) is 17.1 Å². The van der Waals surface area contributed by atoms with Gasteiger partial charge >= 0.3 is 0 Å². The number of nitrogens with one attached hydrogen (secondary N) is 1. The Morgan fingerprint density at radius 2 is 1.93 bits per heavy atom. The molecule has 1 aliphatic carbocycles. The summed E-state index contributed by atoms with van der Waals surface area (Å²) in [6.07, 6.45) is 8.00. The maximum atomic E-state index is 12.3. The van der Waals surface area contributed by atoms with Gasteiger partial charge in [0.15, 0.2) is 0 Å². The average Bonchev–Trinajstić information content (AvgIpc) is 2.70. The first-order valence-electron chi connectivity index (χ1n) is 9.41. The third kappa shape index (κ3) is 4.64. The fourth-order valence-corrected chi connectivity index (χ4v) is 4.15. The standard InChI is InChI=1S/C21H27N3O3/c22-20(26)21(10-4-7-18(14-21)19(25)23-27)13-16-8-11-24(12-9-16)15-17-5-2-1-3-6-17/h1-7,10,16,27H,8-9,11-15H2,(H2,22,26)(H,23,25). The second-order valence-corrected chi connectivity index (χ2v) is 7.60. The molecule has 1 unspecified atom stereocenters. The molecule has 0 bridgehead atoms. The minimum absolute atomic E-state index is 0.232. The highest BCUT2D eigenvalue weighted by Gasteiger charge is 2.40. The number of nitrogens with zero attached hydrogens (tertiary/aromatic N) is 1. The van der Waals surface area contributed by atoms with Crippen molar-refractivity contribution in [1.82, 2.24) is 10.4 Å². The number of carbonyl (C=O) groups is 2. The fraction of sp³-hybridized carbons (Fsp3) is 0.429. The third-order valence-corrected chi connectivity index (χ3v) is 5.71. The molecule has 3 rings (SSSR count). The van der Waals surface area contributed by atoms with Crippen molar-refractivity contribution in [2.75, 3.05) is 13.1 Å². The van der Waals surface area contributed by atoms with Crippen molar-refractivity contribution in [1.29, 1.82) is 0 Å². The number of benzene rings is 1. The second-order valence-electron chi connectivity index (χ2n) is 7.60. The minimum Gasteiger partial charge on any atom is -0.369 e. The molecule has 6 nitrogen and oxygen atoms in total. The number of rotatable bonds is 6. The van der Waals surface area contributed by atoms with Gasteiger partial charge in [-0.2, -0.15) is 0 Å². The predicted octanol–water partition coefficient (Wildman–Crippen LogP) is 2.15. The SMILES string of the molecule is NC(=O)C1(CC2CCN(Cc3ccccc3)CC2)C=CC=C(C(=O)NO)C1. The number of hydrogen-bond donors (Lipinski definition) is 3. The first-order valence-corrected chi connectivity index (χ1v) is 9.41. The molecular weight excluding hydrogens is 342 g/mol. The molecule has 4 N–H and O–H groups in total. The van der Waals surface area contributed by atoms with Crippen LogP contribution in [-0.4, -0.2) is 35.0 Å². The number of piperidine rings is 1. The summed E-state index contributed by atoms with van der Waals surface area (Å²) < 4.78 is 0. The monoisotopic (exact) mass is 369 g/mol. The van der Waals surface area contributed by atoms with Crippen LogP contribution in [-0.2, 0) is 16.1 Å². The lowest BCUT2D eigenvalue weighted by atomic mass is 9.70. The Bertz CT molecular complexity index is 736. The van der Waals surface area contributed by atoms with Crippen LogP contribution in [0, 0.1) is 11.3 Å². The third-order valence-electron chi connectivity index (χ3n) is 5.71. The van der Waals surface area contributed by atoms with Crippen LogP contribution < -0.4 is 11.2 Å². The van der Waals surface area contributed by atoms with Crippen molar-refractivity contribution in [2.45, 2.75) is 32.2 Å². The van der Waals surface area contributed by atoms with Crippen LogP contribution in [0.3, 0.4) is 0 Å². The maximum Gasteiger partial charge on any atom is 0.270 e. The van der Waals surface area contributed by atoms with Crippen molar-refractivity contribution in [3.63, 3.8) is 0 Å². The van der Waals surface area contributed by atoms with Gasteiger partial charge in [-0.25, -0.2) is 5.48 Å². The highest BCUT2D eigenvalue weighted by molar-refractivity contribution is 5.95. The number of primary amides is 1. The molecular formula is C21H27N3O3. The van der Waals surface area contributed by atoms with E-state index in [2.05, 4.69) is 29.2 Å². The van der Waals surface area contributed by atoms with E-state index in [-0.39, 0.29) is 6.42 Å². The summed E-state index contributed by atoms with van der Waals surface area (Å²) >= 11 is 0. The Balaban J connectivity index is 1.59. The normalized spacial score (nSPS) is 23.7. The van der Waals surface area contributed by atoms with E-state index in [1.54, 1.807) is 17.6 Å². The van der Waals surface area contributed by atoms with Gasteiger partial charge in [-0.05, 0) is 50.3 Å². The zero-order valence-corrected chi connectivity index (χ0v) is 15.4. The van der Waals surface area contributed by atoms with Gasteiger partial charge in [0.1, 0.15) is 0 Å². The molecule has 144 valence electrons. The highest BCUT2D eigenvalue weighted by Crippen LogP contribution is 2.40. The van der Waals surface area contributed by atoms with Gasteiger partial charge < -0.3 is 5.73 Å². The van der Waals surface area contributed by atoms with Gasteiger partial charge in [0.05, 0.1) is 5.41 Å². The van der Waals surface area contributed by atoms with Gasteiger partial charge in [-0.3, -0.25) is 19.7 Å². The number of allylic oxidation sites excluding steroid dienone is 2. The van der Waals surface area contributed by atoms with Gasteiger partial charge in [0.2, 0.25) is 5.91 Å². The van der Waals surface area contributed by atoms with E-state index in [1.807, 2.05) is 12.1 Å². The molecule has 1 aromatic rings. The molecule has 0 aromatic heterocycles. The topological polar surface area (TPSA) is 95.7 Å². The van der Waals surface area contributed by atoms with E-state index < -0.39 is 17.2 Å². The zero-order chi connectivity index (χ0) is 19.3. The number of nitrogens with two attached hydrogens (primary N) is 1. The summed E-state index contributed by atoms with van der Waals surface area (Å²) in [5.74, 6) is -0.616. The molecule has 27 heavy (non-hydrogen) atoms. The summed E-state index contributed by atoms with van der Waals surface area (Å²) in [5, 5.41) is 8.88. The van der Waals surface area contributed by atoms with Gasteiger partial charge in [-0.15, -0.1) is 0 Å². The number of carbonyl (C=O) groups excluding carboxylic acids is 2. The Labute approximate surface area is 159 Å². The smallest absolute Gasteiger partial charge is 0.270 e. The van der Waals surface area contributed by atoms with Gasteiger partial charge in [0.25, 0.3) is 5.91 Å². The van der Waals surface area contributed by atoms with Crippen molar-refractivity contribution in [3.8, 4) is 0 Å². The van der Waals surface area contributed by atoms with Gasteiger partial charge in [0, 0.05) is 12.1 Å². The van der Waals surface area contributed by atoms with Crippen LogP contribution >= 0.6 is 0 Å². The van der Waals surface area contributed by atoms with E-state index in [0.717, 1.165) is 32.5 Å². The summed E-state index contributed by atoms with van der Waals surface area (Å²) in [6, 6.07) is 10.4. The predicted molar refractivity (Wildman–Crippen MR) is 102 cm³/mol. The largest absolute Gasteiger partial charge is 0.369 e. The Morgan fingerprint density at radius 1 is 1.22 bits per heavy atom. The molecule has 1 aromatic carbocycles. The van der Waals surface area contributed by atoms with E-state index >= 15 is 0 Å².